The number of rotatable bonds is 6. The van der Waals surface area contributed by atoms with Crippen LogP contribution in [0.5, 0.6) is 0 Å². The van der Waals surface area contributed by atoms with Gasteiger partial charge >= 0.3 is 0 Å². The first-order valence-corrected chi connectivity index (χ1v) is 18.2. The van der Waals surface area contributed by atoms with Crippen molar-refractivity contribution in [2.75, 3.05) is 27.4 Å². The van der Waals surface area contributed by atoms with Gasteiger partial charge in [-0.2, -0.15) is 0 Å². The number of aliphatic hydroxyl groups is 1. The second kappa shape index (κ2) is 9.90. The number of hydrogen-bond donors (Lipinski definition) is 1. The lowest BCUT2D eigenvalue weighted by atomic mass is 9.51. The minimum absolute atomic E-state index is 0.0168. The molecule has 7 heteroatoms. The highest BCUT2D eigenvalue weighted by Gasteiger charge is 2.59. The van der Waals surface area contributed by atoms with Crippen molar-refractivity contribution in [3.05, 3.63) is 58.7 Å². The molecule has 1 aromatic carbocycles. The largest absolute Gasteiger partial charge is 0.411 e. The van der Waals surface area contributed by atoms with Crippen LogP contribution >= 0.6 is 0 Å². The van der Waals surface area contributed by atoms with Crippen LogP contribution in [0.1, 0.15) is 68.8 Å². The summed E-state index contributed by atoms with van der Waals surface area (Å²) in [6, 6.07) is 8.86. The van der Waals surface area contributed by atoms with Gasteiger partial charge in [0.25, 0.3) is 0 Å². The number of ether oxygens (including phenoxy) is 4. The Morgan fingerprint density at radius 3 is 2.26 bits per heavy atom. The van der Waals surface area contributed by atoms with Gasteiger partial charge in [-0.25, -0.2) is 0 Å². The smallest absolute Gasteiger partial charge is 0.184 e. The normalized spacial score (nSPS) is 38.0. The molecular weight excluding hydrogens is 508 g/mol. The minimum Gasteiger partial charge on any atom is -0.411 e. The maximum atomic E-state index is 12.2. The summed E-state index contributed by atoms with van der Waals surface area (Å²) in [6.07, 6.45) is 9.41. The molecule has 1 saturated heterocycles. The third-order valence-corrected chi connectivity index (χ3v) is 11.3. The third-order valence-electron chi connectivity index (χ3n) is 10.3. The minimum atomic E-state index is -1.74. The third kappa shape index (κ3) is 4.72. The Bertz CT molecular complexity index is 1130. The van der Waals surface area contributed by atoms with Crippen molar-refractivity contribution in [2.45, 2.75) is 94.8 Å². The predicted molar refractivity (Wildman–Crippen MR) is 153 cm³/mol. The summed E-state index contributed by atoms with van der Waals surface area (Å²) in [5, 5.41) is 12.2. The zero-order chi connectivity index (χ0) is 27.6. The number of benzene rings is 1. The number of hydrogen-bond acceptors (Lipinski definition) is 6. The van der Waals surface area contributed by atoms with Crippen molar-refractivity contribution in [1.82, 2.24) is 0 Å². The first-order chi connectivity index (χ1) is 18.5. The van der Waals surface area contributed by atoms with E-state index in [0.717, 1.165) is 37.7 Å². The van der Waals surface area contributed by atoms with E-state index in [1.807, 2.05) is 0 Å². The Hall–Kier alpha value is -1.32. The average molecular weight is 555 g/mol. The summed E-state index contributed by atoms with van der Waals surface area (Å²) in [4.78, 5) is 0. The van der Waals surface area contributed by atoms with Gasteiger partial charge in [-0.05, 0) is 68.3 Å². The Morgan fingerprint density at radius 1 is 0.949 bits per heavy atom. The molecule has 2 saturated carbocycles. The molecule has 1 heterocycles. The van der Waals surface area contributed by atoms with Crippen LogP contribution in [0.2, 0.25) is 19.6 Å². The second-order valence-corrected chi connectivity index (χ2v) is 18.1. The molecule has 1 N–H and O–H groups in total. The lowest BCUT2D eigenvalue weighted by Gasteiger charge is -2.56. The first kappa shape index (κ1) is 27.8. The first-order valence-electron chi connectivity index (χ1n) is 14.8. The summed E-state index contributed by atoms with van der Waals surface area (Å²) < 4.78 is 30.0. The van der Waals surface area contributed by atoms with Gasteiger partial charge < -0.3 is 28.5 Å². The van der Waals surface area contributed by atoms with Gasteiger partial charge in [0.05, 0.1) is 24.9 Å². The van der Waals surface area contributed by atoms with Crippen LogP contribution in [0.15, 0.2) is 47.6 Å². The van der Waals surface area contributed by atoms with Crippen LogP contribution in [0.3, 0.4) is 0 Å². The van der Waals surface area contributed by atoms with Gasteiger partial charge in [0.1, 0.15) is 0 Å². The van der Waals surface area contributed by atoms with Crippen LogP contribution in [0.25, 0.3) is 0 Å². The summed E-state index contributed by atoms with van der Waals surface area (Å²) in [7, 11) is 1.67. The topological polar surface area (TPSA) is 66.4 Å². The molecule has 6 nitrogen and oxygen atoms in total. The van der Waals surface area contributed by atoms with Crippen molar-refractivity contribution in [1.29, 1.82) is 0 Å². The SMILES string of the molecule is COC1(OC)CCC2=C3[C@@H](CC[C@@]2(O)C1)[C@@H]1C=CC(O[Si](C)(C)C)[C@@]1(C)C[C@@H]3c1ccc(C2OCCO2)cc1. The van der Waals surface area contributed by atoms with E-state index in [9.17, 15) is 5.11 Å². The molecule has 39 heavy (non-hydrogen) atoms. The molecule has 214 valence electrons. The molecule has 0 bridgehead atoms. The highest BCUT2D eigenvalue weighted by Crippen LogP contribution is 2.64. The van der Waals surface area contributed by atoms with E-state index < -0.39 is 19.7 Å². The summed E-state index contributed by atoms with van der Waals surface area (Å²) in [6.45, 7) is 10.6. The van der Waals surface area contributed by atoms with Crippen LogP contribution in [0.4, 0.5) is 0 Å². The number of methoxy groups -OCH3 is 2. The number of fused-ring (bicyclic) bond motifs is 4. The van der Waals surface area contributed by atoms with Crippen LogP contribution in [-0.4, -0.2) is 58.3 Å². The van der Waals surface area contributed by atoms with Gasteiger partial charge in [0.15, 0.2) is 20.4 Å². The van der Waals surface area contributed by atoms with Crippen molar-refractivity contribution < 1.29 is 28.5 Å². The molecule has 6 atom stereocenters. The number of allylic oxidation sites excluding steroid dienone is 2. The van der Waals surface area contributed by atoms with Crippen LogP contribution < -0.4 is 0 Å². The van der Waals surface area contributed by atoms with E-state index in [1.165, 1.54) is 16.7 Å². The van der Waals surface area contributed by atoms with Gasteiger partial charge in [0, 0.05) is 44.0 Å². The van der Waals surface area contributed by atoms with E-state index >= 15 is 0 Å². The zero-order valence-electron chi connectivity index (χ0n) is 24.5. The average Bonchev–Trinajstić information content (AvgIpc) is 3.55. The Kier molecular flexibility index (Phi) is 7.06. The lowest BCUT2D eigenvalue weighted by molar-refractivity contribution is -0.246. The maximum Gasteiger partial charge on any atom is 0.184 e. The lowest BCUT2D eigenvalue weighted by Crippen LogP contribution is -2.55. The zero-order valence-corrected chi connectivity index (χ0v) is 25.5. The molecule has 0 radical (unpaired) electrons. The quantitative estimate of drug-likeness (QED) is 0.255. The summed E-state index contributed by atoms with van der Waals surface area (Å²) >= 11 is 0. The second-order valence-electron chi connectivity index (χ2n) is 13.7. The van der Waals surface area contributed by atoms with E-state index in [-0.39, 0.29) is 23.7 Å². The molecule has 5 aliphatic rings. The molecule has 1 unspecified atom stereocenters. The molecule has 0 spiro atoms. The fourth-order valence-electron chi connectivity index (χ4n) is 8.42. The van der Waals surface area contributed by atoms with Gasteiger partial charge in [-0.1, -0.05) is 48.9 Å². The van der Waals surface area contributed by atoms with E-state index in [1.54, 1.807) is 14.2 Å². The molecule has 1 aromatic rings. The molecule has 0 aromatic heterocycles. The van der Waals surface area contributed by atoms with Crippen LogP contribution in [0, 0.1) is 17.3 Å². The van der Waals surface area contributed by atoms with Crippen molar-refractivity contribution in [3.8, 4) is 0 Å². The Morgan fingerprint density at radius 2 is 1.62 bits per heavy atom. The molecule has 6 rings (SSSR count). The molecule has 0 amide bonds. The van der Waals surface area contributed by atoms with E-state index in [2.05, 4.69) is 63.0 Å². The van der Waals surface area contributed by atoms with Crippen molar-refractivity contribution >= 4 is 8.32 Å². The molecule has 1 aliphatic heterocycles. The van der Waals surface area contributed by atoms with Gasteiger partial charge in [0.2, 0.25) is 0 Å². The summed E-state index contributed by atoms with van der Waals surface area (Å²) in [5.74, 6) is 0.312. The highest BCUT2D eigenvalue weighted by molar-refractivity contribution is 6.69. The van der Waals surface area contributed by atoms with Crippen molar-refractivity contribution in [2.24, 2.45) is 17.3 Å². The van der Waals surface area contributed by atoms with E-state index in [0.29, 0.717) is 31.5 Å². The fourth-order valence-corrected chi connectivity index (χ4v) is 9.53. The predicted octanol–water partition coefficient (Wildman–Crippen LogP) is 6.24. The van der Waals surface area contributed by atoms with E-state index in [4.69, 9.17) is 23.4 Å². The Balaban J connectivity index is 1.43. The maximum absolute atomic E-state index is 12.2. The molecule has 3 fully saturated rings. The van der Waals surface area contributed by atoms with Gasteiger partial charge in [-0.3, -0.25) is 0 Å². The van der Waals surface area contributed by atoms with Gasteiger partial charge in [-0.15, -0.1) is 0 Å². The fraction of sp³-hybridized carbons (Fsp3) is 0.688. The molecular formula is C32H46O6Si. The standard InChI is InChI=1S/C32H46O6Si/c1-30-19-24(21-7-9-22(10-8-21)29-36-17-18-37-29)28-23(25(30)11-12-27(30)38-39(4,5)6)13-15-31(33)20-32(34-2,35-3)16-14-26(28)31/h7-12,23-25,27,29,33H,13-20H2,1-6H3/t23-,24+,25-,27?,30-,31+/m0/s1. The highest BCUT2D eigenvalue weighted by atomic mass is 28.4. The van der Waals surface area contributed by atoms with Crippen molar-refractivity contribution in [3.63, 3.8) is 0 Å². The summed E-state index contributed by atoms with van der Waals surface area (Å²) in [5.41, 5.74) is 4.20. The monoisotopic (exact) mass is 554 g/mol. The molecule has 4 aliphatic carbocycles. The Labute approximate surface area is 234 Å². The van der Waals surface area contributed by atoms with Crippen LogP contribution in [-0.2, 0) is 23.4 Å².